The first-order valence-electron chi connectivity index (χ1n) is 9.91. The van der Waals surface area contributed by atoms with E-state index in [1.807, 2.05) is 42.5 Å². The normalized spacial score (nSPS) is 20.0. The van der Waals surface area contributed by atoms with E-state index in [0.717, 1.165) is 5.69 Å². The third kappa shape index (κ3) is 4.37. The lowest BCUT2D eigenvalue weighted by Gasteiger charge is -2.25. The number of nitrogens with zero attached hydrogens (tertiary/aromatic N) is 1. The summed E-state index contributed by atoms with van der Waals surface area (Å²) >= 11 is 0. The first kappa shape index (κ1) is 19.8. The molecule has 1 saturated heterocycles. The molecule has 4 rings (SSSR count). The highest BCUT2D eigenvalue weighted by molar-refractivity contribution is 6.00. The maximum Gasteiger partial charge on any atom is 0.264 e. The SMILES string of the molecule is O=C(NCCNC(=O)[C@H]1COc2ccccc2O1)[C@@H]1CC(=O)N(c2ccccc2)C1. The van der Waals surface area contributed by atoms with Gasteiger partial charge in [-0.05, 0) is 24.3 Å². The van der Waals surface area contributed by atoms with Gasteiger partial charge in [0.15, 0.2) is 11.5 Å². The Labute approximate surface area is 174 Å². The van der Waals surface area contributed by atoms with Crippen LogP contribution in [0.4, 0.5) is 5.69 Å². The van der Waals surface area contributed by atoms with E-state index in [0.29, 0.717) is 18.0 Å². The molecule has 0 bridgehead atoms. The van der Waals surface area contributed by atoms with Crippen LogP contribution in [0.2, 0.25) is 0 Å². The zero-order chi connectivity index (χ0) is 20.9. The number of hydrogen-bond acceptors (Lipinski definition) is 5. The van der Waals surface area contributed by atoms with Gasteiger partial charge in [-0.3, -0.25) is 14.4 Å². The van der Waals surface area contributed by atoms with Crippen molar-refractivity contribution in [3.05, 3.63) is 54.6 Å². The number of fused-ring (bicyclic) bond motifs is 1. The first-order valence-corrected chi connectivity index (χ1v) is 9.91. The third-order valence-electron chi connectivity index (χ3n) is 5.09. The van der Waals surface area contributed by atoms with E-state index in [1.165, 1.54) is 0 Å². The fourth-order valence-electron chi connectivity index (χ4n) is 3.52. The molecule has 2 N–H and O–H groups in total. The number of rotatable bonds is 6. The van der Waals surface area contributed by atoms with Gasteiger partial charge in [0.1, 0.15) is 6.61 Å². The lowest BCUT2D eigenvalue weighted by molar-refractivity contribution is -0.130. The summed E-state index contributed by atoms with van der Waals surface area (Å²) in [5, 5.41) is 5.52. The summed E-state index contributed by atoms with van der Waals surface area (Å²) in [5.41, 5.74) is 0.793. The summed E-state index contributed by atoms with van der Waals surface area (Å²) in [6.07, 6.45) is -0.554. The van der Waals surface area contributed by atoms with Crippen molar-refractivity contribution in [2.45, 2.75) is 12.5 Å². The van der Waals surface area contributed by atoms with Crippen molar-refractivity contribution < 1.29 is 23.9 Å². The van der Waals surface area contributed by atoms with E-state index in [-0.39, 0.29) is 43.8 Å². The van der Waals surface area contributed by atoms with Gasteiger partial charge in [-0.2, -0.15) is 0 Å². The molecule has 30 heavy (non-hydrogen) atoms. The van der Waals surface area contributed by atoms with Crippen LogP contribution < -0.4 is 25.0 Å². The molecule has 2 aromatic carbocycles. The molecule has 2 aliphatic heterocycles. The van der Waals surface area contributed by atoms with Gasteiger partial charge < -0.3 is 25.0 Å². The van der Waals surface area contributed by atoms with E-state index in [9.17, 15) is 14.4 Å². The Morgan fingerprint density at radius 1 is 0.933 bits per heavy atom. The number of benzene rings is 2. The number of hydrogen-bond donors (Lipinski definition) is 2. The molecular formula is C22H23N3O5. The van der Waals surface area contributed by atoms with Gasteiger partial charge >= 0.3 is 0 Å². The van der Waals surface area contributed by atoms with Crippen LogP contribution in [-0.2, 0) is 14.4 Å². The molecule has 0 aliphatic carbocycles. The van der Waals surface area contributed by atoms with Crippen LogP contribution in [0.25, 0.3) is 0 Å². The molecule has 0 spiro atoms. The average molecular weight is 409 g/mol. The maximum absolute atomic E-state index is 12.4. The van der Waals surface area contributed by atoms with Crippen molar-refractivity contribution in [3.8, 4) is 11.5 Å². The summed E-state index contributed by atoms with van der Waals surface area (Å²) < 4.78 is 11.2. The second-order valence-corrected chi connectivity index (χ2v) is 7.19. The van der Waals surface area contributed by atoms with E-state index in [1.54, 1.807) is 17.0 Å². The van der Waals surface area contributed by atoms with Crippen molar-refractivity contribution in [2.24, 2.45) is 5.92 Å². The smallest absolute Gasteiger partial charge is 0.264 e. The highest BCUT2D eigenvalue weighted by Crippen LogP contribution is 2.30. The summed E-state index contributed by atoms with van der Waals surface area (Å²) in [6.45, 7) is 1.02. The fourth-order valence-corrected chi connectivity index (χ4v) is 3.52. The zero-order valence-corrected chi connectivity index (χ0v) is 16.4. The zero-order valence-electron chi connectivity index (χ0n) is 16.4. The minimum Gasteiger partial charge on any atom is -0.485 e. The minimum atomic E-state index is -0.734. The van der Waals surface area contributed by atoms with Crippen molar-refractivity contribution in [2.75, 3.05) is 31.1 Å². The van der Waals surface area contributed by atoms with Gasteiger partial charge in [0.2, 0.25) is 17.9 Å². The van der Waals surface area contributed by atoms with Gasteiger partial charge in [0.05, 0.1) is 5.92 Å². The van der Waals surface area contributed by atoms with E-state index < -0.39 is 12.0 Å². The molecule has 0 saturated carbocycles. The molecule has 2 aromatic rings. The summed E-state index contributed by atoms with van der Waals surface area (Å²) in [7, 11) is 0. The quantitative estimate of drug-likeness (QED) is 0.697. The predicted molar refractivity (Wildman–Crippen MR) is 109 cm³/mol. The monoisotopic (exact) mass is 409 g/mol. The predicted octanol–water partition coefficient (Wildman–Crippen LogP) is 1.11. The molecule has 1 fully saturated rings. The lowest BCUT2D eigenvalue weighted by atomic mass is 10.1. The summed E-state index contributed by atoms with van der Waals surface area (Å²) in [4.78, 5) is 38.5. The van der Waals surface area contributed by atoms with Gasteiger partial charge in [-0.25, -0.2) is 0 Å². The highest BCUT2D eigenvalue weighted by atomic mass is 16.6. The largest absolute Gasteiger partial charge is 0.485 e. The second-order valence-electron chi connectivity index (χ2n) is 7.19. The summed E-state index contributed by atoms with van der Waals surface area (Å²) in [6, 6.07) is 16.5. The number of carbonyl (C=O) groups is 3. The maximum atomic E-state index is 12.4. The Kier molecular flexibility index (Phi) is 5.83. The number of carbonyl (C=O) groups excluding carboxylic acids is 3. The van der Waals surface area contributed by atoms with Gasteiger partial charge in [0, 0.05) is 31.7 Å². The average Bonchev–Trinajstić information content (AvgIpc) is 3.18. The van der Waals surface area contributed by atoms with Crippen LogP contribution in [0.1, 0.15) is 6.42 Å². The Morgan fingerprint density at radius 3 is 2.37 bits per heavy atom. The highest BCUT2D eigenvalue weighted by Gasteiger charge is 2.35. The van der Waals surface area contributed by atoms with E-state index in [2.05, 4.69) is 10.6 Å². The Bertz CT molecular complexity index is 933. The fraction of sp³-hybridized carbons (Fsp3) is 0.318. The van der Waals surface area contributed by atoms with Crippen molar-refractivity contribution >= 4 is 23.4 Å². The third-order valence-corrected chi connectivity index (χ3v) is 5.09. The Morgan fingerprint density at radius 2 is 1.60 bits per heavy atom. The molecule has 8 nitrogen and oxygen atoms in total. The molecule has 2 heterocycles. The molecule has 0 unspecified atom stereocenters. The second kappa shape index (κ2) is 8.86. The molecule has 2 aliphatic rings. The number of ether oxygens (including phenoxy) is 2. The van der Waals surface area contributed by atoms with Crippen molar-refractivity contribution in [1.29, 1.82) is 0 Å². The van der Waals surface area contributed by atoms with Crippen LogP contribution in [0.3, 0.4) is 0 Å². The van der Waals surface area contributed by atoms with Crippen LogP contribution in [0.5, 0.6) is 11.5 Å². The molecule has 0 radical (unpaired) electrons. The van der Waals surface area contributed by atoms with Gasteiger partial charge in [-0.1, -0.05) is 30.3 Å². The number of para-hydroxylation sites is 3. The summed E-state index contributed by atoms with van der Waals surface area (Å²) in [5.74, 6) is 0.187. The van der Waals surface area contributed by atoms with Crippen LogP contribution in [0.15, 0.2) is 54.6 Å². The molecule has 2 atom stereocenters. The molecular weight excluding hydrogens is 386 g/mol. The molecule has 156 valence electrons. The first-order chi connectivity index (χ1) is 14.6. The van der Waals surface area contributed by atoms with Gasteiger partial charge in [0.25, 0.3) is 5.91 Å². The number of amides is 3. The molecule has 0 aromatic heterocycles. The van der Waals surface area contributed by atoms with Crippen LogP contribution in [0, 0.1) is 5.92 Å². The topological polar surface area (TPSA) is 97.0 Å². The number of nitrogens with one attached hydrogen (secondary N) is 2. The standard InChI is InChI=1S/C22H23N3O5/c26-20-12-15(13-25(20)16-6-2-1-3-7-16)21(27)23-10-11-24-22(28)19-14-29-17-8-4-5-9-18(17)30-19/h1-9,15,19H,10-14H2,(H,23,27)(H,24,28)/t15-,19-/m1/s1. The molecule has 8 heteroatoms. The van der Waals surface area contributed by atoms with Crippen LogP contribution >= 0.6 is 0 Å². The lowest BCUT2D eigenvalue weighted by Crippen LogP contribution is -2.46. The van der Waals surface area contributed by atoms with Crippen molar-refractivity contribution in [1.82, 2.24) is 10.6 Å². The van der Waals surface area contributed by atoms with Crippen molar-refractivity contribution in [3.63, 3.8) is 0 Å². The van der Waals surface area contributed by atoms with E-state index >= 15 is 0 Å². The van der Waals surface area contributed by atoms with Gasteiger partial charge in [-0.15, -0.1) is 0 Å². The Balaban J connectivity index is 1.19. The van der Waals surface area contributed by atoms with Crippen LogP contribution in [-0.4, -0.2) is 50.1 Å². The van der Waals surface area contributed by atoms with E-state index in [4.69, 9.17) is 9.47 Å². The Hall–Kier alpha value is -3.55. The minimum absolute atomic E-state index is 0.0654. The molecule has 3 amide bonds. The number of anilines is 1.